The number of rotatable bonds is 2. The Morgan fingerprint density at radius 2 is 0.850 bits per heavy atom. The first-order valence-electron chi connectivity index (χ1n) is 6.53. The molecule has 20 heavy (non-hydrogen) atoms. The smallest absolute Gasteiger partial charge is 0.149 e. The van der Waals surface area contributed by atoms with Gasteiger partial charge in [0.1, 0.15) is 0 Å². The molecule has 0 aliphatic carbocycles. The van der Waals surface area contributed by atoms with Crippen LogP contribution in [0.25, 0.3) is 0 Å². The second-order valence-electron chi connectivity index (χ2n) is 4.92. The zero-order valence-corrected chi connectivity index (χ0v) is 10.7. The normalized spacial score (nSPS) is 29.8. The topological polar surface area (TPSA) is 49.4 Å². The third-order valence-electron chi connectivity index (χ3n) is 3.66. The fraction of sp³-hybridized carbons (Fsp3) is 0.125. The summed E-state index contributed by atoms with van der Waals surface area (Å²) in [7, 11) is 0. The van der Waals surface area contributed by atoms with Crippen molar-refractivity contribution in [2.24, 2.45) is 20.5 Å². The van der Waals surface area contributed by atoms with Gasteiger partial charge in [0, 0.05) is 11.1 Å². The molecule has 4 nitrogen and oxygen atoms in total. The zero-order valence-electron chi connectivity index (χ0n) is 10.7. The van der Waals surface area contributed by atoms with Crippen LogP contribution in [0.1, 0.15) is 11.1 Å². The summed E-state index contributed by atoms with van der Waals surface area (Å²) >= 11 is 0. The van der Waals surface area contributed by atoms with Gasteiger partial charge in [0.25, 0.3) is 0 Å². The zero-order chi connectivity index (χ0) is 13.5. The maximum Gasteiger partial charge on any atom is 0.234 e. The molecule has 5 rings (SSSR count). The quantitative estimate of drug-likeness (QED) is 0.727. The maximum atomic E-state index is 4.43. The van der Waals surface area contributed by atoms with E-state index in [9.17, 15) is 0 Å². The van der Waals surface area contributed by atoms with Crippen molar-refractivity contribution < 1.29 is 0 Å². The van der Waals surface area contributed by atoms with E-state index in [1.165, 1.54) is 0 Å². The second kappa shape index (κ2) is 3.93. The monoisotopic (exact) mass is 260 g/mol. The molecular weight excluding hydrogens is 248 g/mol. The van der Waals surface area contributed by atoms with Crippen LogP contribution in [0, 0.1) is 0 Å². The van der Waals surface area contributed by atoms with Gasteiger partial charge in [-0.15, -0.1) is 20.5 Å². The Morgan fingerprint density at radius 1 is 0.500 bits per heavy atom. The summed E-state index contributed by atoms with van der Waals surface area (Å²) in [6.45, 7) is 0. The van der Waals surface area contributed by atoms with Gasteiger partial charge < -0.3 is 0 Å². The SMILES string of the molecule is C1=CC2(c3ccccc3)N=NC1(c1ccccc1)N=N2. The number of hydrogen-bond donors (Lipinski definition) is 0. The Hall–Kier alpha value is -2.62. The molecule has 0 unspecified atom stereocenters. The molecule has 3 aliphatic rings. The minimum absolute atomic E-state index is 0.780. The van der Waals surface area contributed by atoms with Gasteiger partial charge in [0.2, 0.25) is 11.3 Å². The van der Waals surface area contributed by atoms with Crippen LogP contribution in [0.15, 0.2) is 93.3 Å². The third kappa shape index (κ3) is 1.48. The highest BCUT2D eigenvalue weighted by Crippen LogP contribution is 2.46. The van der Waals surface area contributed by atoms with Crippen LogP contribution in [0.2, 0.25) is 0 Å². The minimum Gasteiger partial charge on any atom is -0.149 e. The Balaban J connectivity index is 1.79. The lowest BCUT2D eigenvalue weighted by atomic mass is 9.92. The molecule has 3 aliphatic heterocycles. The summed E-state index contributed by atoms with van der Waals surface area (Å²) in [4.78, 5) is 0. The second-order valence-corrected chi connectivity index (χ2v) is 4.92. The van der Waals surface area contributed by atoms with Crippen molar-refractivity contribution in [2.75, 3.05) is 0 Å². The van der Waals surface area contributed by atoms with Crippen LogP contribution in [0.4, 0.5) is 0 Å². The first-order valence-corrected chi connectivity index (χ1v) is 6.53. The van der Waals surface area contributed by atoms with E-state index in [0.29, 0.717) is 0 Å². The third-order valence-corrected chi connectivity index (χ3v) is 3.66. The van der Waals surface area contributed by atoms with Gasteiger partial charge in [-0.25, -0.2) is 0 Å². The highest BCUT2D eigenvalue weighted by molar-refractivity contribution is 5.38. The van der Waals surface area contributed by atoms with Crippen molar-refractivity contribution in [3.63, 3.8) is 0 Å². The average Bonchev–Trinajstić information content (AvgIpc) is 2.58. The van der Waals surface area contributed by atoms with E-state index in [0.717, 1.165) is 11.1 Å². The van der Waals surface area contributed by atoms with Gasteiger partial charge in [-0.3, -0.25) is 0 Å². The molecule has 4 heteroatoms. The van der Waals surface area contributed by atoms with E-state index in [-0.39, 0.29) is 0 Å². The van der Waals surface area contributed by atoms with E-state index in [2.05, 4.69) is 20.5 Å². The predicted octanol–water partition coefficient (Wildman–Crippen LogP) is 4.18. The summed E-state index contributed by atoms with van der Waals surface area (Å²) in [5, 5.41) is 17.7. The van der Waals surface area contributed by atoms with Crippen molar-refractivity contribution in [1.82, 2.24) is 0 Å². The number of azo groups is 2. The molecule has 2 aromatic carbocycles. The van der Waals surface area contributed by atoms with Crippen LogP contribution in [-0.4, -0.2) is 0 Å². The van der Waals surface area contributed by atoms with Crippen molar-refractivity contribution in [3.05, 3.63) is 83.9 Å². The Kier molecular flexibility index (Phi) is 2.21. The molecule has 0 radical (unpaired) electrons. The van der Waals surface area contributed by atoms with E-state index in [1.54, 1.807) is 0 Å². The molecule has 0 aromatic heterocycles. The summed E-state index contributed by atoms with van der Waals surface area (Å²) in [5.41, 5.74) is 0.394. The summed E-state index contributed by atoms with van der Waals surface area (Å²) in [6, 6.07) is 19.8. The Morgan fingerprint density at radius 3 is 1.15 bits per heavy atom. The first kappa shape index (κ1) is 11.2. The Bertz CT molecular complexity index is 616. The minimum atomic E-state index is -0.780. The lowest BCUT2D eigenvalue weighted by molar-refractivity contribution is 0.345. The average molecular weight is 260 g/mol. The van der Waals surface area contributed by atoms with Gasteiger partial charge in [0.05, 0.1) is 0 Å². The molecule has 0 N–H and O–H groups in total. The van der Waals surface area contributed by atoms with Crippen LogP contribution in [-0.2, 0) is 11.3 Å². The molecule has 3 heterocycles. The number of nitrogens with zero attached hydrogens (tertiary/aromatic N) is 4. The van der Waals surface area contributed by atoms with Gasteiger partial charge in [0.15, 0.2) is 0 Å². The van der Waals surface area contributed by atoms with Crippen LogP contribution in [0.3, 0.4) is 0 Å². The lowest BCUT2D eigenvalue weighted by Crippen LogP contribution is -2.32. The Labute approximate surface area is 116 Å². The van der Waals surface area contributed by atoms with Crippen molar-refractivity contribution in [2.45, 2.75) is 11.3 Å². The lowest BCUT2D eigenvalue weighted by Gasteiger charge is -2.34. The first-order chi connectivity index (χ1) is 9.83. The molecule has 96 valence electrons. The molecule has 0 atom stereocenters. The highest BCUT2D eigenvalue weighted by Gasteiger charge is 2.44. The maximum absolute atomic E-state index is 4.43. The van der Waals surface area contributed by atoms with Crippen LogP contribution >= 0.6 is 0 Å². The van der Waals surface area contributed by atoms with E-state index >= 15 is 0 Å². The molecule has 2 bridgehead atoms. The molecule has 0 fully saturated rings. The molecule has 0 saturated heterocycles. The summed E-state index contributed by atoms with van der Waals surface area (Å²) in [5.74, 6) is 0. The molecule has 2 aromatic rings. The number of hydrogen-bond acceptors (Lipinski definition) is 4. The molecule has 0 amide bonds. The number of benzene rings is 2. The highest BCUT2D eigenvalue weighted by atomic mass is 15.5. The molecule has 0 spiro atoms. The predicted molar refractivity (Wildman–Crippen MR) is 75.1 cm³/mol. The van der Waals surface area contributed by atoms with Gasteiger partial charge in [-0.2, -0.15) is 0 Å². The van der Waals surface area contributed by atoms with Crippen molar-refractivity contribution in [3.8, 4) is 0 Å². The van der Waals surface area contributed by atoms with Crippen LogP contribution in [0.5, 0.6) is 0 Å². The van der Waals surface area contributed by atoms with E-state index in [4.69, 9.17) is 0 Å². The molecular formula is C16H12N4. The largest absolute Gasteiger partial charge is 0.234 e. The van der Waals surface area contributed by atoms with Crippen molar-refractivity contribution in [1.29, 1.82) is 0 Å². The fourth-order valence-corrected chi connectivity index (χ4v) is 2.50. The van der Waals surface area contributed by atoms with E-state index in [1.807, 2.05) is 72.8 Å². The summed E-state index contributed by atoms with van der Waals surface area (Å²) < 4.78 is 0. The van der Waals surface area contributed by atoms with Crippen LogP contribution < -0.4 is 0 Å². The van der Waals surface area contributed by atoms with Crippen molar-refractivity contribution >= 4 is 0 Å². The van der Waals surface area contributed by atoms with E-state index < -0.39 is 11.3 Å². The fourth-order valence-electron chi connectivity index (χ4n) is 2.50. The van der Waals surface area contributed by atoms with Gasteiger partial charge in [-0.1, -0.05) is 60.7 Å². The van der Waals surface area contributed by atoms with Gasteiger partial charge >= 0.3 is 0 Å². The summed E-state index contributed by atoms with van der Waals surface area (Å²) in [6.07, 6.45) is 3.96. The standard InChI is InChI=1S/C16H12N4/c1-3-7-13(8-4-1)15-11-12-16(19-17-15,20-18-15)14-9-5-2-6-10-14/h1-12H. The van der Waals surface area contributed by atoms with Gasteiger partial charge in [-0.05, 0) is 12.2 Å². The molecule has 0 saturated carbocycles.